The van der Waals surface area contributed by atoms with Crippen LogP contribution in [0, 0.1) is 16.7 Å². The van der Waals surface area contributed by atoms with Crippen LogP contribution in [0.4, 0.5) is 0 Å². The molecule has 0 aromatic rings. The molecule has 0 saturated carbocycles. The van der Waals surface area contributed by atoms with E-state index < -0.39 is 11.5 Å². The van der Waals surface area contributed by atoms with Crippen LogP contribution in [-0.4, -0.2) is 66.5 Å². The number of likely N-dealkylation sites (tertiary alicyclic amines) is 2. The van der Waals surface area contributed by atoms with Crippen molar-refractivity contribution in [1.82, 2.24) is 9.80 Å². The Morgan fingerprint density at radius 2 is 1.92 bits per heavy atom. The zero-order valence-electron chi connectivity index (χ0n) is 15.7. The van der Waals surface area contributed by atoms with Crippen LogP contribution in [0.2, 0.25) is 0 Å². The molecule has 2 rings (SSSR count). The lowest BCUT2D eigenvalue weighted by molar-refractivity contribution is -0.429. The summed E-state index contributed by atoms with van der Waals surface area (Å²) in [5.74, 6) is -0.0547. The number of amides is 2. The van der Waals surface area contributed by atoms with E-state index in [0.717, 1.165) is 32.2 Å². The fraction of sp³-hybridized carbons (Fsp3) is 0.833. The number of carbonyl (C=O) groups excluding carboxylic acids is 2. The van der Waals surface area contributed by atoms with Gasteiger partial charge < -0.3 is 20.3 Å². The van der Waals surface area contributed by atoms with Crippen molar-refractivity contribution in [3.63, 3.8) is 0 Å². The second-order valence-corrected chi connectivity index (χ2v) is 7.88. The van der Waals surface area contributed by atoms with Gasteiger partial charge in [-0.2, -0.15) is 5.26 Å². The maximum atomic E-state index is 12.8. The van der Waals surface area contributed by atoms with Crippen molar-refractivity contribution in [2.75, 3.05) is 26.8 Å². The molecule has 25 heavy (non-hydrogen) atoms. The van der Waals surface area contributed by atoms with E-state index in [1.807, 2.05) is 18.7 Å². The van der Waals surface area contributed by atoms with Gasteiger partial charge in [-0.1, -0.05) is 13.8 Å². The molecule has 2 amide bonds. The molecule has 0 bridgehead atoms. The molecule has 0 aliphatic carbocycles. The van der Waals surface area contributed by atoms with Gasteiger partial charge in [-0.25, -0.2) is 0 Å². The minimum absolute atomic E-state index is 0.0595. The Labute approximate surface area is 150 Å². The first-order chi connectivity index (χ1) is 11.8. The van der Waals surface area contributed by atoms with Gasteiger partial charge in [0.1, 0.15) is 6.04 Å². The maximum Gasteiger partial charge on any atom is 0.282 e. The fourth-order valence-corrected chi connectivity index (χ4v) is 3.84. The van der Waals surface area contributed by atoms with E-state index in [0.29, 0.717) is 13.2 Å². The summed E-state index contributed by atoms with van der Waals surface area (Å²) in [4.78, 5) is 29.1. The van der Waals surface area contributed by atoms with Crippen molar-refractivity contribution in [1.29, 1.82) is 5.26 Å². The molecule has 2 aliphatic heterocycles. The van der Waals surface area contributed by atoms with E-state index in [2.05, 4.69) is 11.8 Å². The molecule has 3 atom stereocenters. The minimum atomic E-state index is -0.559. The molecular weight excluding hydrogens is 320 g/mol. The van der Waals surface area contributed by atoms with Crippen molar-refractivity contribution in [3.05, 3.63) is 0 Å². The fourth-order valence-electron chi connectivity index (χ4n) is 3.84. The lowest BCUT2D eigenvalue weighted by Crippen LogP contribution is -2.74. The Morgan fingerprint density at radius 1 is 1.28 bits per heavy atom. The Morgan fingerprint density at radius 3 is 2.56 bits per heavy atom. The first kappa shape index (κ1) is 19.7. The van der Waals surface area contributed by atoms with Crippen molar-refractivity contribution in [2.45, 2.75) is 64.1 Å². The first-order valence-electron chi connectivity index (χ1n) is 9.13. The smallest absolute Gasteiger partial charge is 0.282 e. The topological polar surface area (TPSA) is 101 Å². The quantitative estimate of drug-likeness (QED) is 0.737. The SMILES string of the molecule is COC[C@@H]1CCCN1C(=O)CC(C)(C)[C@H]([NH3+])C(=O)N1CCC[C@H]1C#N. The molecule has 2 fully saturated rings. The van der Waals surface area contributed by atoms with E-state index in [1.165, 1.54) is 0 Å². The molecule has 2 aliphatic rings. The summed E-state index contributed by atoms with van der Waals surface area (Å²) in [5, 5.41) is 9.20. The molecule has 0 radical (unpaired) electrons. The van der Waals surface area contributed by atoms with Crippen LogP contribution in [0.3, 0.4) is 0 Å². The summed E-state index contributed by atoms with van der Waals surface area (Å²) in [5.41, 5.74) is 3.50. The normalized spacial score (nSPS) is 25.1. The number of nitriles is 1. The first-order valence-corrected chi connectivity index (χ1v) is 9.13. The van der Waals surface area contributed by atoms with Crippen molar-refractivity contribution >= 4 is 11.8 Å². The third kappa shape index (κ3) is 4.31. The number of nitrogens with zero attached hydrogens (tertiary/aromatic N) is 3. The molecule has 0 aromatic heterocycles. The monoisotopic (exact) mass is 351 g/mol. The highest BCUT2D eigenvalue weighted by Crippen LogP contribution is 2.29. The molecule has 0 unspecified atom stereocenters. The van der Waals surface area contributed by atoms with Crippen LogP contribution in [0.15, 0.2) is 0 Å². The van der Waals surface area contributed by atoms with E-state index in [1.54, 1.807) is 12.0 Å². The van der Waals surface area contributed by atoms with Gasteiger partial charge in [-0.3, -0.25) is 9.59 Å². The summed E-state index contributed by atoms with van der Waals surface area (Å²) in [6, 6.07) is 1.43. The highest BCUT2D eigenvalue weighted by Gasteiger charge is 2.44. The predicted molar refractivity (Wildman–Crippen MR) is 92.0 cm³/mol. The number of quaternary nitrogens is 1. The molecule has 7 nitrogen and oxygen atoms in total. The lowest BCUT2D eigenvalue weighted by atomic mass is 9.80. The molecule has 0 spiro atoms. The van der Waals surface area contributed by atoms with E-state index in [-0.39, 0.29) is 30.3 Å². The predicted octanol–water partition coefficient (Wildman–Crippen LogP) is 0.165. The van der Waals surface area contributed by atoms with E-state index in [9.17, 15) is 14.9 Å². The van der Waals surface area contributed by atoms with Gasteiger partial charge in [0.25, 0.3) is 5.91 Å². The molecule has 2 saturated heterocycles. The standard InChI is InChI=1S/C18H30N4O3/c1-18(2,10-15(23)21-8-5-7-14(21)12-25-3)16(20)17(24)22-9-4-6-13(22)11-19/h13-14,16H,4-10,12,20H2,1-3H3/p+1/t13-,14-,16+/m0/s1. The van der Waals surface area contributed by atoms with Gasteiger partial charge in [0, 0.05) is 32.0 Å². The molecular formula is C18H31N4O3+. The Balaban J connectivity index is 2.01. The van der Waals surface area contributed by atoms with Gasteiger partial charge in [-0.15, -0.1) is 0 Å². The molecule has 0 aromatic carbocycles. The number of rotatable bonds is 6. The summed E-state index contributed by atoms with van der Waals surface area (Å²) in [7, 11) is 1.65. The molecule has 2 heterocycles. The van der Waals surface area contributed by atoms with Crippen LogP contribution in [0.5, 0.6) is 0 Å². The van der Waals surface area contributed by atoms with E-state index in [4.69, 9.17) is 4.74 Å². The second-order valence-electron chi connectivity index (χ2n) is 7.88. The summed E-state index contributed by atoms with van der Waals surface area (Å²) < 4.78 is 5.22. The summed E-state index contributed by atoms with van der Waals surface area (Å²) in [6.45, 7) is 5.74. The van der Waals surface area contributed by atoms with Crippen molar-refractivity contribution < 1.29 is 20.1 Å². The number of ether oxygens (including phenoxy) is 1. The molecule has 3 N–H and O–H groups in total. The van der Waals surface area contributed by atoms with Crippen molar-refractivity contribution in [3.8, 4) is 6.07 Å². The van der Waals surface area contributed by atoms with Crippen molar-refractivity contribution in [2.24, 2.45) is 5.41 Å². The van der Waals surface area contributed by atoms with Crippen LogP contribution in [0.1, 0.15) is 46.0 Å². The van der Waals surface area contributed by atoms with E-state index >= 15 is 0 Å². The lowest BCUT2D eigenvalue weighted by Gasteiger charge is -2.33. The minimum Gasteiger partial charge on any atom is -0.383 e. The number of hydrogen-bond acceptors (Lipinski definition) is 4. The largest absolute Gasteiger partial charge is 0.383 e. The van der Waals surface area contributed by atoms with Crippen LogP contribution >= 0.6 is 0 Å². The third-order valence-electron chi connectivity index (χ3n) is 5.59. The zero-order chi connectivity index (χ0) is 18.6. The summed E-state index contributed by atoms with van der Waals surface area (Å²) >= 11 is 0. The highest BCUT2D eigenvalue weighted by molar-refractivity contribution is 5.84. The summed E-state index contributed by atoms with van der Waals surface area (Å²) in [6.07, 6.45) is 3.80. The Bertz CT molecular complexity index is 543. The molecule has 7 heteroatoms. The van der Waals surface area contributed by atoms with Crippen LogP contribution in [-0.2, 0) is 14.3 Å². The average Bonchev–Trinajstić information content (AvgIpc) is 3.22. The zero-order valence-corrected chi connectivity index (χ0v) is 15.7. The second kappa shape index (κ2) is 8.15. The Hall–Kier alpha value is -1.65. The Kier molecular flexibility index (Phi) is 6.42. The maximum absolute atomic E-state index is 12.8. The van der Waals surface area contributed by atoms with Crippen LogP contribution in [0.25, 0.3) is 0 Å². The van der Waals surface area contributed by atoms with Gasteiger partial charge in [0.15, 0.2) is 6.04 Å². The number of methoxy groups -OCH3 is 1. The highest BCUT2D eigenvalue weighted by atomic mass is 16.5. The molecule has 140 valence electrons. The van der Waals surface area contributed by atoms with Crippen LogP contribution < -0.4 is 5.73 Å². The number of hydrogen-bond donors (Lipinski definition) is 1. The average molecular weight is 351 g/mol. The number of carbonyl (C=O) groups is 2. The van der Waals surface area contributed by atoms with Gasteiger partial charge in [0.05, 0.1) is 18.7 Å². The van der Waals surface area contributed by atoms with Gasteiger partial charge in [-0.05, 0) is 25.7 Å². The third-order valence-corrected chi connectivity index (χ3v) is 5.59. The van der Waals surface area contributed by atoms with Gasteiger partial charge >= 0.3 is 0 Å². The van der Waals surface area contributed by atoms with Gasteiger partial charge in [0.2, 0.25) is 5.91 Å².